The maximum Gasteiger partial charge on any atom is 0.256 e. The molecule has 0 unspecified atom stereocenters. The summed E-state index contributed by atoms with van der Waals surface area (Å²) in [4.78, 5) is 22.6. The van der Waals surface area contributed by atoms with Gasteiger partial charge in [0.25, 0.3) is 5.56 Å². The first kappa shape index (κ1) is 16.5. The number of hydrogen-bond acceptors (Lipinski definition) is 5. The second kappa shape index (κ2) is 7.12. The molecule has 1 saturated heterocycles. The van der Waals surface area contributed by atoms with Crippen molar-refractivity contribution in [1.29, 1.82) is 0 Å². The summed E-state index contributed by atoms with van der Waals surface area (Å²) in [5.74, 6) is 3.53. The highest BCUT2D eigenvalue weighted by Gasteiger charge is 2.23. The van der Waals surface area contributed by atoms with Crippen molar-refractivity contribution < 1.29 is 4.74 Å². The fraction of sp³-hybridized carbons (Fsp3) is 0.474. The fourth-order valence-corrected chi connectivity index (χ4v) is 4.46. The van der Waals surface area contributed by atoms with E-state index in [0.29, 0.717) is 19.0 Å². The number of rotatable bonds is 3. The molecule has 1 fully saturated rings. The smallest absolute Gasteiger partial charge is 0.256 e. The third-order valence-corrected chi connectivity index (χ3v) is 5.91. The van der Waals surface area contributed by atoms with Crippen LogP contribution in [0.1, 0.15) is 29.7 Å². The predicted octanol–water partition coefficient (Wildman–Crippen LogP) is 2.83. The van der Waals surface area contributed by atoms with Crippen molar-refractivity contribution in [3.8, 4) is 5.75 Å². The van der Waals surface area contributed by atoms with Gasteiger partial charge in [0.1, 0.15) is 12.4 Å². The molecule has 3 heterocycles. The largest absolute Gasteiger partial charge is 0.487 e. The van der Waals surface area contributed by atoms with Crippen LogP contribution in [0, 0.1) is 5.92 Å². The van der Waals surface area contributed by atoms with Gasteiger partial charge < -0.3 is 9.64 Å². The van der Waals surface area contributed by atoms with Gasteiger partial charge >= 0.3 is 0 Å². The van der Waals surface area contributed by atoms with Gasteiger partial charge in [-0.25, -0.2) is 4.98 Å². The summed E-state index contributed by atoms with van der Waals surface area (Å²) >= 11 is 1.91. The van der Waals surface area contributed by atoms with Gasteiger partial charge in [0.15, 0.2) is 0 Å². The van der Waals surface area contributed by atoms with Crippen molar-refractivity contribution in [2.24, 2.45) is 5.92 Å². The van der Waals surface area contributed by atoms with Crippen molar-refractivity contribution in [2.75, 3.05) is 30.0 Å². The van der Waals surface area contributed by atoms with Gasteiger partial charge in [0.05, 0.1) is 5.69 Å². The third-order valence-electron chi connectivity index (χ3n) is 5.11. The Morgan fingerprint density at radius 1 is 1.32 bits per heavy atom. The number of ether oxygens (including phenoxy) is 1. The van der Waals surface area contributed by atoms with E-state index in [1.165, 1.54) is 5.75 Å². The molecule has 1 aromatic carbocycles. The maximum absolute atomic E-state index is 12.7. The monoisotopic (exact) mass is 357 g/mol. The van der Waals surface area contributed by atoms with E-state index < -0.39 is 0 Å². The minimum atomic E-state index is -0.0356. The Morgan fingerprint density at radius 2 is 2.12 bits per heavy atom. The van der Waals surface area contributed by atoms with E-state index in [-0.39, 0.29) is 5.56 Å². The van der Waals surface area contributed by atoms with Crippen LogP contribution >= 0.6 is 11.8 Å². The van der Waals surface area contributed by atoms with Gasteiger partial charge in [0, 0.05) is 25.1 Å². The van der Waals surface area contributed by atoms with E-state index in [1.807, 2.05) is 36.0 Å². The molecule has 2 aromatic rings. The molecule has 0 bridgehead atoms. The van der Waals surface area contributed by atoms with E-state index in [2.05, 4.69) is 16.1 Å². The van der Waals surface area contributed by atoms with Crippen molar-refractivity contribution in [3.63, 3.8) is 0 Å². The molecule has 0 amide bonds. The van der Waals surface area contributed by atoms with E-state index in [0.717, 1.165) is 54.4 Å². The van der Waals surface area contributed by atoms with Crippen LogP contribution in [0.4, 0.5) is 5.95 Å². The number of para-hydroxylation sites is 1. The Bertz CT molecular complexity index is 813. The normalized spacial score (nSPS) is 17.4. The summed E-state index contributed by atoms with van der Waals surface area (Å²) in [5, 5.41) is 0. The number of nitrogens with one attached hydrogen (secondary N) is 1. The SMILES string of the molecule is CSCC1CCN(c2nc3c(c(=O)[nH]2)Cc2ccccc2OC3)CC1. The highest BCUT2D eigenvalue weighted by Crippen LogP contribution is 2.27. The lowest BCUT2D eigenvalue weighted by Gasteiger charge is -2.32. The third kappa shape index (κ3) is 3.40. The Morgan fingerprint density at radius 3 is 2.92 bits per heavy atom. The first-order chi connectivity index (χ1) is 12.2. The topological polar surface area (TPSA) is 58.2 Å². The molecule has 0 atom stereocenters. The van der Waals surface area contributed by atoms with Crippen molar-refractivity contribution in [1.82, 2.24) is 9.97 Å². The van der Waals surface area contributed by atoms with Crippen LogP contribution in [-0.2, 0) is 13.0 Å². The number of benzene rings is 1. The quantitative estimate of drug-likeness (QED) is 0.915. The molecule has 6 heteroatoms. The Balaban J connectivity index is 1.58. The van der Waals surface area contributed by atoms with Gasteiger partial charge in [-0.05, 0) is 42.4 Å². The highest BCUT2D eigenvalue weighted by atomic mass is 32.2. The standard InChI is InChI=1S/C19H23N3O2S/c1-25-12-13-6-8-22(9-7-13)19-20-16-11-24-17-5-3-2-4-14(17)10-15(16)18(23)21-19/h2-5,13H,6-12H2,1H3,(H,20,21,23). The number of aromatic amines is 1. The Hall–Kier alpha value is -1.95. The minimum Gasteiger partial charge on any atom is -0.487 e. The van der Waals surface area contributed by atoms with Crippen LogP contribution in [0.5, 0.6) is 5.75 Å². The molecule has 1 N–H and O–H groups in total. The molecule has 1 aromatic heterocycles. The number of piperidine rings is 1. The molecule has 0 radical (unpaired) electrons. The lowest BCUT2D eigenvalue weighted by atomic mass is 9.99. The van der Waals surface area contributed by atoms with Gasteiger partial charge in [0.2, 0.25) is 5.95 Å². The summed E-state index contributed by atoms with van der Waals surface area (Å²) in [7, 11) is 0. The molecule has 0 aliphatic carbocycles. The lowest BCUT2D eigenvalue weighted by Crippen LogP contribution is -2.37. The number of thioether (sulfide) groups is 1. The fourth-order valence-electron chi connectivity index (χ4n) is 3.66. The average Bonchev–Trinajstić information content (AvgIpc) is 2.83. The zero-order valence-corrected chi connectivity index (χ0v) is 15.3. The highest BCUT2D eigenvalue weighted by molar-refractivity contribution is 7.98. The van der Waals surface area contributed by atoms with E-state index in [9.17, 15) is 4.79 Å². The van der Waals surface area contributed by atoms with Crippen LogP contribution in [0.15, 0.2) is 29.1 Å². The van der Waals surface area contributed by atoms with Crippen LogP contribution in [0.25, 0.3) is 0 Å². The summed E-state index contributed by atoms with van der Waals surface area (Å²) in [6, 6.07) is 7.89. The minimum absolute atomic E-state index is 0.0356. The van der Waals surface area contributed by atoms with E-state index in [1.54, 1.807) is 0 Å². The van der Waals surface area contributed by atoms with Gasteiger partial charge in [-0.2, -0.15) is 11.8 Å². The second-order valence-corrected chi connectivity index (χ2v) is 7.68. The zero-order chi connectivity index (χ0) is 17.2. The number of aromatic nitrogens is 2. The molecule has 132 valence electrons. The summed E-state index contributed by atoms with van der Waals surface area (Å²) < 4.78 is 5.88. The summed E-state index contributed by atoms with van der Waals surface area (Å²) in [6.07, 6.45) is 5.05. The Labute approximate surface area is 151 Å². The van der Waals surface area contributed by atoms with Crippen molar-refractivity contribution >= 4 is 17.7 Å². The molecule has 0 saturated carbocycles. The van der Waals surface area contributed by atoms with Crippen LogP contribution in [0.2, 0.25) is 0 Å². The van der Waals surface area contributed by atoms with Gasteiger partial charge in [-0.3, -0.25) is 9.78 Å². The Kier molecular flexibility index (Phi) is 4.70. The number of H-pyrrole nitrogens is 1. The second-order valence-electron chi connectivity index (χ2n) is 6.77. The van der Waals surface area contributed by atoms with E-state index in [4.69, 9.17) is 9.72 Å². The number of anilines is 1. The first-order valence-corrected chi connectivity index (χ1v) is 10.2. The first-order valence-electron chi connectivity index (χ1n) is 8.81. The van der Waals surface area contributed by atoms with Gasteiger partial charge in [-0.1, -0.05) is 18.2 Å². The summed E-state index contributed by atoms with van der Waals surface area (Å²) in [6.45, 7) is 2.26. The molecule has 5 nitrogen and oxygen atoms in total. The maximum atomic E-state index is 12.7. The van der Waals surface area contributed by atoms with E-state index >= 15 is 0 Å². The molecule has 2 aliphatic heterocycles. The van der Waals surface area contributed by atoms with Crippen LogP contribution in [-0.4, -0.2) is 35.1 Å². The predicted molar refractivity (Wildman–Crippen MR) is 102 cm³/mol. The van der Waals surface area contributed by atoms with Crippen LogP contribution < -0.4 is 15.2 Å². The average molecular weight is 357 g/mol. The molecular weight excluding hydrogens is 334 g/mol. The number of fused-ring (bicyclic) bond motifs is 2. The van der Waals surface area contributed by atoms with Crippen molar-refractivity contribution in [2.45, 2.75) is 25.9 Å². The van der Waals surface area contributed by atoms with Crippen LogP contribution in [0.3, 0.4) is 0 Å². The summed E-state index contributed by atoms with van der Waals surface area (Å²) in [5.41, 5.74) is 2.50. The zero-order valence-electron chi connectivity index (χ0n) is 14.5. The van der Waals surface area contributed by atoms with Gasteiger partial charge in [-0.15, -0.1) is 0 Å². The van der Waals surface area contributed by atoms with Crippen molar-refractivity contribution in [3.05, 3.63) is 51.4 Å². The number of hydrogen-bond donors (Lipinski definition) is 1. The molecular formula is C19H23N3O2S. The number of nitrogens with zero attached hydrogens (tertiary/aromatic N) is 2. The molecule has 0 spiro atoms. The molecule has 25 heavy (non-hydrogen) atoms. The molecule has 4 rings (SSSR count). The molecule has 2 aliphatic rings. The lowest BCUT2D eigenvalue weighted by molar-refractivity contribution is 0.302.